The van der Waals surface area contributed by atoms with Gasteiger partial charge in [-0.25, -0.2) is 4.79 Å². The Hall–Kier alpha value is -2.13. The number of nitrogens with zero attached hydrogens (tertiary/aromatic N) is 2. The maximum Gasteiger partial charge on any atom is 0.430 e. The molecule has 7 nitrogen and oxygen atoms in total. The van der Waals surface area contributed by atoms with Gasteiger partial charge in [-0.05, 0) is 17.5 Å². The minimum Gasteiger partial charge on any atom is -0.542 e. The highest BCUT2D eigenvalue weighted by molar-refractivity contribution is 14.0. The summed E-state index contributed by atoms with van der Waals surface area (Å²) in [7, 11) is 0. The lowest BCUT2D eigenvalue weighted by atomic mass is 10.00. The van der Waals surface area contributed by atoms with Crippen LogP contribution in [0.25, 0.3) is 15.8 Å². The smallest absolute Gasteiger partial charge is 0.430 e. The molecule has 0 spiro atoms. The van der Waals surface area contributed by atoms with Crippen LogP contribution in [-0.4, -0.2) is 45.2 Å². The van der Waals surface area contributed by atoms with Gasteiger partial charge in [0.1, 0.15) is 11.7 Å². The number of hydrogen-bond donors (Lipinski definition) is 1. The fraction of sp³-hybridized carbons (Fsp3) is 0.263. The van der Waals surface area contributed by atoms with Gasteiger partial charge in [0.05, 0.1) is 17.2 Å². The molecule has 2 aromatic rings. The van der Waals surface area contributed by atoms with E-state index < -0.39 is 18.1 Å². The van der Waals surface area contributed by atoms with Crippen LogP contribution in [0, 0.1) is 0 Å². The first-order valence-electron chi connectivity index (χ1n) is 8.75. The molecule has 1 unspecified atom stereocenters. The Bertz CT molecular complexity index is 1120. The molecule has 0 bridgehead atoms. The van der Waals surface area contributed by atoms with Gasteiger partial charge < -0.3 is 15.0 Å². The third kappa shape index (κ3) is 5.09. The van der Waals surface area contributed by atoms with Crippen LogP contribution in [0.4, 0.5) is 13.2 Å². The van der Waals surface area contributed by atoms with Crippen molar-refractivity contribution in [3.63, 3.8) is 0 Å². The summed E-state index contributed by atoms with van der Waals surface area (Å²) in [6.45, 7) is 4.48. The number of aromatic nitrogens is 1. The molecular formula is C19H16F3IN2O5S2. The number of carbonyl (C=O) groups is 3. The normalized spacial score (nSPS) is 17.5. The number of allylic oxidation sites excluding steroid dienone is 1. The van der Waals surface area contributed by atoms with E-state index >= 15 is 0 Å². The minimum atomic E-state index is -5.19. The molecule has 2 aromatic heterocycles. The van der Waals surface area contributed by atoms with Gasteiger partial charge in [-0.3, -0.25) is 9.69 Å². The van der Waals surface area contributed by atoms with Gasteiger partial charge in [-0.15, -0.1) is 35.7 Å². The SMILES string of the molecule is C=CC[n+]1ccc(C2=C(C(=O)O)N3C(=O)CC3SC2)c2ccsc21.I.O=C([O-])C(F)(F)F. The van der Waals surface area contributed by atoms with E-state index in [9.17, 15) is 27.9 Å². The first kappa shape index (κ1) is 26.1. The van der Waals surface area contributed by atoms with E-state index in [-0.39, 0.29) is 41.0 Å². The van der Waals surface area contributed by atoms with Crippen molar-refractivity contribution >= 4 is 80.7 Å². The zero-order valence-electron chi connectivity index (χ0n) is 16.1. The van der Waals surface area contributed by atoms with Crippen molar-refractivity contribution in [2.24, 2.45) is 0 Å². The summed E-state index contributed by atoms with van der Waals surface area (Å²) in [5.74, 6) is -3.55. The number of thioether (sulfide) groups is 1. The van der Waals surface area contributed by atoms with Gasteiger partial charge in [0.25, 0.3) is 4.83 Å². The second-order valence-electron chi connectivity index (χ2n) is 6.46. The average Bonchev–Trinajstić information content (AvgIpc) is 3.17. The zero-order chi connectivity index (χ0) is 22.9. The van der Waals surface area contributed by atoms with E-state index in [1.54, 1.807) is 23.1 Å². The molecule has 4 rings (SSSR count). The first-order valence-corrected chi connectivity index (χ1v) is 10.7. The average molecular weight is 600 g/mol. The summed E-state index contributed by atoms with van der Waals surface area (Å²) in [5, 5.41) is 21.5. The predicted molar refractivity (Wildman–Crippen MR) is 121 cm³/mol. The molecule has 1 N–H and O–H groups in total. The Morgan fingerprint density at radius 3 is 2.56 bits per heavy atom. The van der Waals surface area contributed by atoms with Crippen molar-refractivity contribution in [1.82, 2.24) is 4.90 Å². The van der Waals surface area contributed by atoms with Crippen molar-refractivity contribution in [1.29, 1.82) is 0 Å². The van der Waals surface area contributed by atoms with Crippen LogP contribution in [0.5, 0.6) is 0 Å². The largest absolute Gasteiger partial charge is 0.542 e. The third-order valence-electron chi connectivity index (χ3n) is 4.55. The zero-order valence-corrected chi connectivity index (χ0v) is 20.1. The summed E-state index contributed by atoms with van der Waals surface area (Å²) >= 11 is 3.25. The fourth-order valence-corrected chi connectivity index (χ4v) is 5.41. The number of fused-ring (bicyclic) bond motifs is 2. The van der Waals surface area contributed by atoms with Gasteiger partial charge in [0, 0.05) is 23.0 Å². The molecule has 0 aliphatic carbocycles. The number of alkyl halides is 3. The van der Waals surface area contributed by atoms with Crippen molar-refractivity contribution in [2.45, 2.75) is 24.5 Å². The molecule has 1 amide bonds. The topological polar surface area (TPSA) is 102 Å². The molecule has 2 aliphatic rings. The van der Waals surface area contributed by atoms with Crippen molar-refractivity contribution in [2.75, 3.05) is 5.75 Å². The molecule has 172 valence electrons. The molecule has 4 heterocycles. The lowest BCUT2D eigenvalue weighted by molar-refractivity contribution is -0.658. The number of thiophene rings is 1. The van der Waals surface area contributed by atoms with Gasteiger partial charge >= 0.3 is 12.1 Å². The molecule has 32 heavy (non-hydrogen) atoms. The van der Waals surface area contributed by atoms with Gasteiger partial charge in [0.15, 0.2) is 12.7 Å². The standard InChI is InChI=1S/C17H14N2O3S2.C2HF3O2.HI/c1-2-5-18-6-3-10(11-4-7-23-16(11)18)12-9-24-14-8-13(20)19(14)15(12)17(21)22;3-2(4,5)1(6)7;/h2-4,6-7,14H,1,5,8-9H2;(H,6,7);1H. The van der Waals surface area contributed by atoms with Gasteiger partial charge in [-0.2, -0.15) is 17.7 Å². The van der Waals surface area contributed by atoms with Crippen LogP contribution in [0.1, 0.15) is 12.0 Å². The second-order valence-corrected chi connectivity index (χ2v) is 8.52. The molecule has 0 aromatic carbocycles. The van der Waals surface area contributed by atoms with Crippen molar-refractivity contribution in [3.05, 3.63) is 47.6 Å². The fourth-order valence-electron chi connectivity index (χ4n) is 3.22. The summed E-state index contributed by atoms with van der Waals surface area (Å²) in [6, 6.07) is 3.96. The van der Waals surface area contributed by atoms with Gasteiger partial charge in [-0.1, -0.05) is 17.9 Å². The molecule has 1 atom stereocenters. The number of carbonyl (C=O) groups excluding carboxylic acids is 2. The lowest BCUT2D eigenvalue weighted by Crippen LogP contribution is -2.53. The third-order valence-corrected chi connectivity index (χ3v) is 6.72. The quantitative estimate of drug-likeness (QED) is 0.251. The summed E-state index contributed by atoms with van der Waals surface area (Å²) in [5.41, 5.74) is 1.77. The lowest BCUT2D eigenvalue weighted by Gasteiger charge is -2.44. The Morgan fingerprint density at radius 2 is 2.03 bits per heavy atom. The summed E-state index contributed by atoms with van der Waals surface area (Å²) < 4.78 is 33.6. The number of hydrogen-bond acceptors (Lipinski definition) is 6. The second kappa shape index (κ2) is 10.2. The molecule has 13 heteroatoms. The Morgan fingerprint density at radius 1 is 1.38 bits per heavy atom. The van der Waals surface area contributed by atoms with Crippen LogP contribution >= 0.6 is 47.1 Å². The maximum atomic E-state index is 11.9. The highest BCUT2D eigenvalue weighted by atomic mass is 127. The maximum absolute atomic E-state index is 11.9. The minimum absolute atomic E-state index is 0. The van der Waals surface area contributed by atoms with Crippen LogP contribution in [-0.2, 0) is 20.9 Å². The molecule has 0 saturated carbocycles. The van der Waals surface area contributed by atoms with Crippen LogP contribution in [0.2, 0.25) is 0 Å². The molecule has 1 saturated heterocycles. The highest BCUT2D eigenvalue weighted by Crippen LogP contribution is 2.44. The number of amides is 1. The number of carboxylic acid groups (broad SMARTS) is 2. The highest BCUT2D eigenvalue weighted by Gasteiger charge is 2.45. The molecule has 2 aliphatic heterocycles. The Balaban J connectivity index is 0.000000398. The summed E-state index contributed by atoms with van der Waals surface area (Å²) in [6.07, 6.45) is -0.978. The van der Waals surface area contributed by atoms with E-state index in [1.807, 2.05) is 29.8 Å². The van der Waals surface area contributed by atoms with E-state index in [0.29, 0.717) is 18.7 Å². The number of aliphatic carboxylic acids is 2. The predicted octanol–water partition coefficient (Wildman–Crippen LogP) is 2.39. The molecule has 0 radical (unpaired) electrons. The number of halogens is 4. The first-order chi connectivity index (χ1) is 14.6. The number of β-lactam (4-membered cyclic amide) rings is 1. The van der Waals surface area contributed by atoms with E-state index in [4.69, 9.17) is 9.90 Å². The summed E-state index contributed by atoms with van der Waals surface area (Å²) in [4.78, 5) is 35.1. The van der Waals surface area contributed by atoms with E-state index in [1.165, 1.54) is 4.90 Å². The monoisotopic (exact) mass is 600 g/mol. The molecular weight excluding hydrogens is 584 g/mol. The molecule has 1 fully saturated rings. The number of pyridine rings is 1. The number of rotatable bonds is 4. The van der Waals surface area contributed by atoms with Crippen molar-refractivity contribution in [3.8, 4) is 0 Å². The van der Waals surface area contributed by atoms with Crippen LogP contribution in [0.3, 0.4) is 0 Å². The van der Waals surface area contributed by atoms with Gasteiger partial charge in [0.2, 0.25) is 5.91 Å². The number of carboxylic acids is 2. The van der Waals surface area contributed by atoms with Crippen LogP contribution < -0.4 is 9.67 Å². The van der Waals surface area contributed by atoms with E-state index in [2.05, 4.69) is 11.1 Å². The van der Waals surface area contributed by atoms with E-state index in [0.717, 1.165) is 21.4 Å². The van der Waals surface area contributed by atoms with Crippen LogP contribution in [0.15, 0.2) is 42.1 Å². The van der Waals surface area contributed by atoms with Crippen molar-refractivity contribution < 1.29 is 42.3 Å². The Kier molecular flexibility index (Phi) is 8.33. The Labute approximate surface area is 205 Å².